The van der Waals surface area contributed by atoms with Crippen molar-refractivity contribution in [2.75, 3.05) is 13.1 Å². The highest BCUT2D eigenvalue weighted by atomic mass is 16.1. The Hall–Kier alpha value is -2.14. The lowest BCUT2D eigenvalue weighted by atomic mass is 10.00. The molecule has 1 aromatic heterocycles. The number of hydrogen-bond acceptors (Lipinski definition) is 3. The molecule has 0 bridgehead atoms. The summed E-state index contributed by atoms with van der Waals surface area (Å²) >= 11 is 0. The number of aromatic nitrogens is 2. The zero-order valence-electron chi connectivity index (χ0n) is 15.0. The first-order chi connectivity index (χ1) is 12.2. The lowest BCUT2D eigenvalue weighted by molar-refractivity contribution is -0.122. The summed E-state index contributed by atoms with van der Waals surface area (Å²) in [6.45, 7) is 5.14. The Kier molecular flexibility index (Phi) is 6.23. The van der Waals surface area contributed by atoms with Crippen LogP contribution in [0.2, 0.25) is 0 Å². The normalized spacial score (nSPS) is 17.3. The van der Waals surface area contributed by atoms with Crippen LogP contribution in [0.15, 0.2) is 48.8 Å². The van der Waals surface area contributed by atoms with Crippen LogP contribution in [0.4, 0.5) is 0 Å². The van der Waals surface area contributed by atoms with E-state index < -0.39 is 0 Å². The van der Waals surface area contributed by atoms with Gasteiger partial charge < -0.3 is 5.32 Å². The molecule has 1 fully saturated rings. The summed E-state index contributed by atoms with van der Waals surface area (Å²) in [5.41, 5.74) is 1.36. The van der Waals surface area contributed by atoms with Gasteiger partial charge in [0.25, 0.3) is 0 Å². The summed E-state index contributed by atoms with van der Waals surface area (Å²) < 4.78 is 1.87. The van der Waals surface area contributed by atoms with Crippen molar-refractivity contribution in [1.29, 1.82) is 0 Å². The second kappa shape index (κ2) is 8.81. The predicted molar refractivity (Wildman–Crippen MR) is 99.1 cm³/mol. The second-order valence-corrected chi connectivity index (χ2v) is 6.84. The van der Waals surface area contributed by atoms with E-state index in [9.17, 15) is 4.79 Å². The van der Waals surface area contributed by atoms with Gasteiger partial charge in [-0.15, -0.1) is 0 Å². The molecule has 0 spiro atoms. The fourth-order valence-corrected chi connectivity index (χ4v) is 3.51. The van der Waals surface area contributed by atoms with Crippen molar-refractivity contribution >= 4 is 5.91 Å². The summed E-state index contributed by atoms with van der Waals surface area (Å²) in [7, 11) is 0. The van der Waals surface area contributed by atoms with Crippen LogP contribution in [-0.2, 0) is 11.3 Å². The van der Waals surface area contributed by atoms with Gasteiger partial charge >= 0.3 is 0 Å². The Balaban J connectivity index is 1.36. The second-order valence-electron chi connectivity index (χ2n) is 6.84. The molecule has 1 aliphatic heterocycles. The summed E-state index contributed by atoms with van der Waals surface area (Å²) in [6.07, 6.45) is 7.16. The molecule has 0 radical (unpaired) electrons. The van der Waals surface area contributed by atoms with Gasteiger partial charge in [0.15, 0.2) is 0 Å². The number of carbonyl (C=O) groups is 1. The summed E-state index contributed by atoms with van der Waals surface area (Å²) in [5, 5.41) is 7.36. The number of piperidine rings is 1. The van der Waals surface area contributed by atoms with Crippen LogP contribution in [0.1, 0.15) is 44.2 Å². The fraction of sp³-hybridized carbons (Fsp3) is 0.500. The number of nitrogens with one attached hydrogen (secondary N) is 1. The summed E-state index contributed by atoms with van der Waals surface area (Å²) in [4.78, 5) is 14.6. The average Bonchev–Trinajstić information content (AvgIpc) is 3.16. The number of rotatable bonds is 7. The van der Waals surface area contributed by atoms with Crippen LogP contribution >= 0.6 is 0 Å². The van der Waals surface area contributed by atoms with Crippen molar-refractivity contribution < 1.29 is 4.79 Å². The Morgan fingerprint density at radius 1 is 1.24 bits per heavy atom. The van der Waals surface area contributed by atoms with Gasteiger partial charge in [0.2, 0.25) is 5.91 Å². The molecule has 3 rings (SSSR count). The van der Waals surface area contributed by atoms with Gasteiger partial charge in [-0.3, -0.25) is 14.4 Å². The molecule has 2 heterocycles. The van der Waals surface area contributed by atoms with E-state index in [4.69, 9.17) is 0 Å². The van der Waals surface area contributed by atoms with Crippen molar-refractivity contribution in [1.82, 2.24) is 20.0 Å². The maximum absolute atomic E-state index is 12.1. The van der Waals surface area contributed by atoms with E-state index in [2.05, 4.69) is 52.6 Å². The molecule has 1 saturated heterocycles. The number of amides is 1. The number of aryl methyl sites for hydroxylation is 1. The van der Waals surface area contributed by atoms with E-state index >= 15 is 0 Å². The Labute approximate surface area is 150 Å². The molecule has 5 heteroatoms. The van der Waals surface area contributed by atoms with Crippen LogP contribution in [0.5, 0.6) is 0 Å². The van der Waals surface area contributed by atoms with E-state index in [1.807, 2.05) is 16.9 Å². The molecular formula is C20H28N4O. The average molecular weight is 340 g/mol. The van der Waals surface area contributed by atoms with Gasteiger partial charge in [-0.2, -0.15) is 5.10 Å². The third-order valence-corrected chi connectivity index (χ3v) is 5.07. The molecule has 0 aliphatic carbocycles. The van der Waals surface area contributed by atoms with Gasteiger partial charge in [0.1, 0.15) is 0 Å². The highest BCUT2D eigenvalue weighted by Gasteiger charge is 2.24. The minimum atomic E-state index is 0.168. The standard InChI is InChI=1S/C20H28N4O/c1-17(18-7-3-2-4-8-18)23-15-10-19(11-16-23)22-20(25)9-5-13-24-14-6-12-21-24/h2-4,6-8,12,14,17,19H,5,9-11,13,15-16H2,1H3,(H,22,25)/t17-/m0/s1. The smallest absolute Gasteiger partial charge is 0.220 e. The van der Waals surface area contributed by atoms with Crippen LogP contribution < -0.4 is 5.32 Å². The van der Waals surface area contributed by atoms with Gasteiger partial charge in [0, 0.05) is 50.5 Å². The zero-order valence-corrected chi connectivity index (χ0v) is 15.0. The Morgan fingerprint density at radius 2 is 2.00 bits per heavy atom. The molecule has 0 saturated carbocycles. The first kappa shape index (κ1) is 17.7. The Morgan fingerprint density at radius 3 is 2.68 bits per heavy atom. The van der Waals surface area contributed by atoms with Crippen molar-refractivity contribution in [3.05, 3.63) is 54.4 Å². The quantitative estimate of drug-likeness (QED) is 0.843. The molecule has 25 heavy (non-hydrogen) atoms. The lowest BCUT2D eigenvalue weighted by Crippen LogP contribution is -2.45. The largest absolute Gasteiger partial charge is 0.353 e. The molecular weight excluding hydrogens is 312 g/mol. The SMILES string of the molecule is C[C@@H](c1ccccc1)N1CCC(NC(=O)CCCn2cccn2)CC1. The minimum absolute atomic E-state index is 0.168. The fourth-order valence-electron chi connectivity index (χ4n) is 3.51. The van der Waals surface area contributed by atoms with Crippen LogP contribution in [0, 0.1) is 0 Å². The van der Waals surface area contributed by atoms with Crippen molar-refractivity contribution in [2.45, 2.75) is 51.2 Å². The molecule has 1 N–H and O–H groups in total. The minimum Gasteiger partial charge on any atom is -0.353 e. The number of hydrogen-bond donors (Lipinski definition) is 1. The number of nitrogens with zero attached hydrogens (tertiary/aromatic N) is 3. The molecule has 134 valence electrons. The maximum Gasteiger partial charge on any atom is 0.220 e. The van der Waals surface area contributed by atoms with Crippen molar-refractivity contribution in [3.8, 4) is 0 Å². The first-order valence-corrected chi connectivity index (χ1v) is 9.28. The monoisotopic (exact) mass is 340 g/mol. The van der Waals surface area contributed by atoms with E-state index in [0.717, 1.165) is 38.9 Å². The van der Waals surface area contributed by atoms with E-state index in [1.54, 1.807) is 6.20 Å². The highest BCUT2D eigenvalue weighted by Crippen LogP contribution is 2.24. The third-order valence-electron chi connectivity index (χ3n) is 5.07. The number of benzene rings is 1. The maximum atomic E-state index is 12.1. The van der Waals surface area contributed by atoms with E-state index in [1.165, 1.54) is 5.56 Å². The van der Waals surface area contributed by atoms with E-state index in [-0.39, 0.29) is 5.91 Å². The zero-order chi connectivity index (χ0) is 17.5. The molecule has 1 atom stereocenters. The van der Waals surface area contributed by atoms with E-state index in [0.29, 0.717) is 18.5 Å². The molecule has 5 nitrogen and oxygen atoms in total. The van der Waals surface area contributed by atoms with Crippen LogP contribution in [-0.4, -0.2) is 39.7 Å². The van der Waals surface area contributed by atoms with Crippen molar-refractivity contribution in [2.24, 2.45) is 0 Å². The molecule has 1 aromatic carbocycles. The Bertz CT molecular complexity index is 633. The van der Waals surface area contributed by atoms with Gasteiger partial charge in [-0.25, -0.2) is 0 Å². The third kappa shape index (κ3) is 5.16. The van der Waals surface area contributed by atoms with Gasteiger partial charge in [0.05, 0.1) is 0 Å². The summed E-state index contributed by atoms with van der Waals surface area (Å²) in [6, 6.07) is 13.3. The number of carbonyl (C=O) groups excluding carboxylic acids is 1. The molecule has 1 aliphatic rings. The number of likely N-dealkylation sites (tertiary alicyclic amines) is 1. The van der Waals surface area contributed by atoms with Gasteiger partial charge in [-0.1, -0.05) is 30.3 Å². The summed E-state index contributed by atoms with van der Waals surface area (Å²) in [5.74, 6) is 0.168. The first-order valence-electron chi connectivity index (χ1n) is 9.28. The lowest BCUT2D eigenvalue weighted by Gasteiger charge is -2.36. The van der Waals surface area contributed by atoms with Crippen LogP contribution in [0.25, 0.3) is 0 Å². The highest BCUT2D eigenvalue weighted by molar-refractivity contribution is 5.76. The predicted octanol–water partition coefficient (Wildman–Crippen LogP) is 3.01. The topological polar surface area (TPSA) is 50.2 Å². The van der Waals surface area contributed by atoms with Crippen LogP contribution in [0.3, 0.4) is 0 Å². The molecule has 2 aromatic rings. The van der Waals surface area contributed by atoms with Gasteiger partial charge in [-0.05, 0) is 37.8 Å². The van der Waals surface area contributed by atoms with Crippen molar-refractivity contribution in [3.63, 3.8) is 0 Å². The molecule has 0 unspecified atom stereocenters. The molecule has 1 amide bonds.